The van der Waals surface area contributed by atoms with Crippen LogP contribution in [0.5, 0.6) is 0 Å². The lowest BCUT2D eigenvalue weighted by Crippen LogP contribution is -2.51. The highest BCUT2D eigenvalue weighted by Crippen LogP contribution is 2.20. The van der Waals surface area contributed by atoms with Crippen molar-refractivity contribution < 1.29 is 9.53 Å². The second-order valence-electron chi connectivity index (χ2n) is 4.83. The quantitative estimate of drug-likeness (QED) is 0.909. The van der Waals surface area contributed by atoms with Gasteiger partial charge >= 0.3 is 0 Å². The number of nitrogens with one attached hydrogen (secondary N) is 1. The third kappa shape index (κ3) is 2.90. The smallest absolute Gasteiger partial charge is 0.268 e. The Hall–Kier alpha value is -0.810. The fourth-order valence-electron chi connectivity index (χ4n) is 2.12. The molecular weight excluding hydrogens is 284 g/mol. The second kappa shape index (κ2) is 4.82. The second-order valence-corrected chi connectivity index (χ2v) is 5.74. The molecule has 1 fully saturated rings. The van der Waals surface area contributed by atoms with Crippen molar-refractivity contribution in [1.82, 2.24) is 9.88 Å². The van der Waals surface area contributed by atoms with Crippen LogP contribution in [0, 0.1) is 0 Å². The number of hydrogen-bond acceptors (Lipinski definition) is 2. The van der Waals surface area contributed by atoms with Crippen molar-refractivity contribution in [3.05, 3.63) is 22.4 Å². The number of amides is 1. The summed E-state index contributed by atoms with van der Waals surface area (Å²) in [6.45, 7) is 3.41. The molecular formula is C12H17BrN2O2. The molecule has 1 unspecified atom stereocenters. The van der Waals surface area contributed by atoms with Gasteiger partial charge in [-0.25, -0.2) is 0 Å². The van der Waals surface area contributed by atoms with Crippen molar-refractivity contribution >= 4 is 21.8 Å². The Labute approximate surface area is 109 Å². The van der Waals surface area contributed by atoms with Crippen LogP contribution in [0.3, 0.4) is 0 Å². The standard InChI is InChI=1S/C12H17BrN2O2/c1-12(4-3-5-17-8-12)14-11(16)10-6-9(13)7-15(10)2/h6-7H,3-5,8H2,1-2H3,(H,14,16). The molecule has 0 radical (unpaired) electrons. The summed E-state index contributed by atoms with van der Waals surface area (Å²) in [6, 6.07) is 1.82. The maximum Gasteiger partial charge on any atom is 0.268 e. The van der Waals surface area contributed by atoms with Crippen LogP contribution < -0.4 is 5.32 Å². The van der Waals surface area contributed by atoms with Crippen molar-refractivity contribution in [2.75, 3.05) is 13.2 Å². The normalized spacial score (nSPS) is 24.6. The van der Waals surface area contributed by atoms with Crippen molar-refractivity contribution in [2.45, 2.75) is 25.3 Å². The van der Waals surface area contributed by atoms with Gasteiger partial charge in [-0.05, 0) is 41.8 Å². The van der Waals surface area contributed by atoms with Crippen LogP contribution >= 0.6 is 15.9 Å². The molecule has 0 aromatic carbocycles. The monoisotopic (exact) mass is 300 g/mol. The number of ether oxygens (including phenoxy) is 1. The number of rotatable bonds is 2. The maximum absolute atomic E-state index is 12.1. The van der Waals surface area contributed by atoms with Gasteiger partial charge in [0.15, 0.2) is 0 Å². The van der Waals surface area contributed by atoms with E-state index in [2.05, 4.69) is 21.2 Å². The van der Waals surface area contributed by atoms with Crippen LogP contribution in [-0.4, -0.2) is 29.2 Å². The number of carbonyl (C=O) groups excluding carboxylic acids is 1. The number of carbonyl (C=O) groups is 1. The molecule has 1 aliphatic rings. The van der Waals surface area contributed by atoms with E-state index in [1.807, 2.05) is 30.8 Å². The minimum atomic E-state index is -0.244. The van der Waals surface area contributed by atoms with Gasteiger partial charge in [-0.1, -0.05) is 0 Å². The maximum atomic E-state index is 12.1. The summed E-state index contributed by atoms with van der Waals surface area (Å²) in [4.78, 5) is 12.1. The van der Waals surface area contributed by atoms with E-state index in [-0.39, 0.29) is 11.4 Å². The highest BCUT2D eigenvalue weighted by atomic mass is 79.9. The Morgan fingerprint density at radius 2 is 2.41 bits per heavy atom. The fourth-order valence-corrected chi connectivity index (χ4v) is 2.64. The van der Waals surface area contributed by atoms with Crippen LogP contribution in [0.2, 0.25) is 0 Å². The first-order valence-corrected chi connectivity index (χ1v) is 6.52. The van der Waals surface area contributed by atoms with Crippen LogP contribution in [0.1, 0.15) is 30.3 Å². The van der Waals surface area contributed by atoms with E-state index in [0.29, 0.717) is 12.3 Å². The van der Waals surface area contributed by atoms with Gasteiger partial charge in [0.05, 0.1) is 12.1 Å². The van der Waals surface area contributed by atoms with Crippen molar-refractivity contribution in [2.24, 2.45) is 7.05 Å². The zero-order valence-electron chi connectivity index (χ0n) is 10.1. The molecule has 1 amide bonds. The molecule has 2 heterocycles. The van der Waals surface area contributed by atoms with E-state index in [0.717, 1.165) is 23.9 Å². The van der Waals surface area contributed by atoms with Gasteiger partial charge in [-0.3, -0.25) is 4.79 Å². The Balaban J connectivity index is 2.08. The fraction of sp³-hybridized carbons (Fsp3) is 0.583. The molecule has 1 aliphatic heterocycles. The van der Waals surface area contributed by atoms with Crippen LogP contribution in [-0.2, 0) is 11.8 Å². The molecule has 5 heteroatoms. The molecule has 1 aromatic heterocycles. The first-order valence-electron chi connectivity index (χ1n) is 5.72. The topological polar surface area (TPSA) is 43.3 Å². The van der Waals surface area contributed by atoms with E-state index < -0.39 is 0 Å². The molecule has 2 rings (SSSR count). The van der Waals surface area contributed by atoms with Gasteiger partial charge in [0.2, 0.25) is 0 Å². The zero-order valence-corrected chi connectivity index (χ0v) is 11.7. The lowest BCUT2D eigenvalue weighted by Gasteiger charge is -2.34. The largest absolute Gasteiger partial charge is 0.379 e. The molecule has 17 heavy (non-hydrogen) atoms. The van der Waals surface area contributed by atoms with Gasteiger partial charge < -0.3 is 14.6 Å². The molecule has 0 aliphatic carbocycles. The Morgan fingerprint density at radius 1 is 1.65 bits per heavy atom. The third-order valence-corrected chi connectivity index (χ3v) is 3.49. The molecule has 1 N–H and O–H groups in total. The average Bonchev–Trinajstić information content (AvgIpc) is 2.58. The van der Waals surface area contributed by atoms with E-state index in [9.17, 15) is 4.79 Å². The third-order valence-electron chi connectivity index (χ3n) is 3.06. The van der Waals surface area contributed by atoms with Gasteiger partial charge in [-0.2, -0.15) is 0 Å². The zero-order chi connectivity index (χ0) is 12.5. The Bertz CT molecular complexity index is 422. The molecule has 0 bridgehead atoms. The minimum Gasteiger partial charge on any atom is -0.379 e. The summed E-state index contributed by atoms with van der Waals surface area (Å²) >= 11 is 3.36. The predicted octanol–water partition coefficient (Wildman–Crippen LogP) is 2.09. The Kier molecular flexibility index (Phi) is 3.58. The van der Waals surface area contributed by atoms with E-state index in [1.165, 1.54) is 0 Å². The van der Waals surface area contributed by atoms with Crippen LogP contribution in [0.15, 0.2) is 16.7 Å². The molecule has 1 atom stereocenters. The predicted molar refractivity (Wildman–Crippen MR) is 69.0 cm³/mol. The molecule has 1 aromatic rings. The first kappa shape index (κ1) is 12.6. The number of aromatic nitrogens is 1. The van der Waals surface area contributed by atoms with E-state index in [1.54, 1.807) is 0 Å². The van der Waals surface area contributed by atoms with Crippen molar-refractivity contribution in [3.8, 4) is 0 Å². The molecule has 0 saturated carbocycles. The summed E-state index contributed by atoms with van der Waals surface area (Å²) in [5, 5.41) is 3.06. The van der Waals surface area contributed by atoms with Gasteiger partial charge in [0, 0.05) is 24.3 Å². The van der Waals surface area contributed by atoms with Gasteiger partial charge in [0.25, 0.3) is 5.91 Å². The SMILES string of the molecule is Cn1cc(Br)cc1C(=O)NC1(C)CCCOC1. The van der Waals surface area contributed by atoms with Crippen molar-refractivity contribution in [3.63, 3.8) is 0 Å². The van der Waals surface area contributed by atoms with Crippen molar-refractivity contribution in [1.29, 1.82) is 0 Å². The molecule has 94 valence electrons. The number of hydrogen-bond donors (Lipinski definition) is 1. The van der Waals surface area contributed by atoms with Crippen LogP contribution in [0.4, 0.5) is 0 Å². The summed E-state index contributed by atoms with van der Waals surface area (Å²) in [6.07, 6.45) is 3.83. The van der Waals surface area contributed by atoms with Crippen LogP contribution in [0.25, 0.3) is 0 Å². The van der Waals surface area contributed by atoms with E-state index in [4.69, 9.17) is 4.74 Å². The Morgan fingerprint density at radius 3 is 2.94 bits per heavy atom. The van der Waals surface area contributed by atoms with Gasteiger partial charge in [0.1, 0.15) is 5.69 Å². The number of nitrogens with zero attached hydrogens (tertiary/aromatic N) is 1. The minimum absolute atomic E-state index is 0.0498. The highest BCUT2D eigenvalue weighted by molar-refractivity contribution is 9.10. The summed E-state index contributed by atoms with van der Waals surface area (Å²) < 4.78 is 8.15. The average molecular weight is 301 g/mol. The first-order chi connectivity index (χ1) is 8.00. The van der Waals surface area contributed by atoms with E-state index >= 15 is 0 Å². The summed E-state index contributed by atoms with van der Waals surface area (Å²) in [5.74, 6) is -0.0498. The molecule has 4 nitrogen and oxygen atoms in total. The number of aryl methyl sites for hydroxylation is 1. The van der Waals surface area contributed by atoms with Gasteiger partial charge in [-0.15, -0.1) is 0 Å². The summed E-state index contributed by atoms with van der Waals surface area (Å²) in [7, 11) is 1.86. The molecule has 1 saturated heterocycles. The summed E-state index contributed by atoms with van der Waals surface area (Å²) in [5.41, 5.74) is 0.412. The lowest BCUT2D eigenvalue weighted by atomic mass is 9.95. The molecule has 0 spiro atoms. The lowest BCUT2D eigenvalue weighted by molar-refractivity contribution is 0.0270. The highest BCUT2D eigenvalue weighted by Gasteiger charge is 2.30. The number of halogens is 1.